The molecule has 0 bridgehead atoms. The molecule has 6 nitrogen and oxygen atoms in total. The van der Waals surface area contributed by atoms with Gasteiger partial charge in [0.2, 0.25) is 11.8 Å². The van der Waals surface area contributed by atoms with Crippen LogP contribution < -0.4 is 10.6 Å². The zero-order chi connectivity index (χ0) is 27.0. The van der Waals surface area contributed by atoms with Crippen molar-refractivity contribution >= 4 is 33.4 Å². The standard InChI is InChI=1S/C33H34N2O4/c36-28(34-30(32(38)17-7-18-32)26-15-5-11-22-9-1-3-13-24(22)26)21-29(37)35-31(33(39)19-8-20-33)27-16-6-12-23-10-2-4-14-25(23)27/h1-6,9-16,30-31,38-39H,7-8,17-21H2,(H,34,36)(H,35,37)/t30-,31-/m1/s1. The second kappa shape index (κ2) is 10.1. The van der Waals surface area contributed by atoms with Gasteiger partial charge in [0.25, 0.3) is 0 Å². The second-order valence-electron chi connectivity index (χ2n) is 11.2. The van der Waals surface area contributed by atoms with Crippen molar-refractivity contribution < 1.29 is 19.8 Å². The van der Waals surface area contributed by atoms with Crippen LogP contribution in [0.3, 0.4) is 0 Å². The summed E-state index contributed by atoms with van der Waals surface area (Å²) in [5.74, 6) is -0.911. The molecule has 0 aromatic heterocycles. The van der Waals surface area contributed by atoms with Gasteiger partial charge in [-0.1, -0.05) is 84.9 Å². The lowest BCUT2D eigenvalue weighted by Gasteiger charge is -2.44. The molecular weight excluding hydrogens is 488 g/mol. The topological polar surface area (TPSA) is 98.7 Å². The van der Waals surface area contributed by atoms with Gasteiger partial charge in [-0.3, -0.25) is 9.59 Å². The van der Waals surface area contributed by atoms with Crippen LogP contribution in [0.1, 0.15) is 68.2 Å². The first-order chi connectivity index (χ1) is 18.9. The fraction of sp³-hybridized carbons (Fsp3) is 0.333. The van der Waals surface area contributed by atoms with Crippen molar-refractivity contribution in [3.63, 3.8) is 0 Å². The van der Waals surface area contributed by atoms with Crippen molar-refractivity contribution in [1.82, 2.24) is 10.6 Å². The van der Waals surface area contributed by atoms with Gasteiger partial charge < -0.3 is 20.8 Å². The smallest absolute Gasteiger partial charge is 0.230 e. The molecule has 39 heavy (non-hydrogen) atoms. The number of benzene rings is 4. The maximum absolute atomic E-state index is 13.3. The third kappa shape index (κ3) is 4.79. The van der Waals surface area contributed by atoms with Gasteiger partial charge in [0.05, 0.1) is 23.3 Å². The Labute approximate surface area is 228 Å². The van der Waals surface area contributed by atoms with Crippen LogP contribution in [0.15, 0.2) is 84.9 Å². The number of hydrogen-bond donors (Lipinski definition) is 4. The molecule has 0 aliphatic heterocycles. The molecule has 200 valence electrons. The highest BCUT2D eigenvalue weighted by Crippen LogP contribution is 2.45. The highest BCUT2D eigenvalue weighted by Gasteiger charge is 2.46. The number of amides is 2. The summed E-state index contributed by atoms with van der Waals surface area (Å²) in [6.07, 6.45) is 3.73. The van der Waals surface area contributed by atoms with E-state index in [1.807, 2.05) is 84.9 Å². The van der Waals surface area contributed by atoms with E-state index in [-0.39, 0.29) is 0 Å². The highest BCUT2D eigenvalue weighted by molar-refractivity contribution is 5.98. The number of aliphatic hydroxyl groups is 2. The van der Waals surface area contributed by atoms with Crippen LogP contribution in [0.25, 0.3) is 21.5 Å². The third-order valence-electron chi connectivity index (χ3n) is 8.71. The molecule has 0 unspecified atom stereocenters. The summed E-state index contributed by atoms with van der Waals surface area (Å²) in [7, 11) is 0. The molecule has 4 N–H and O–H groups in total. The van der Waals surface area contributed by atoms with Crippen molar-refractivity contribution in [2.24, 2.45) is 0 Å². The number of fused-ring (bicyclic) bond motifs is 2. The molecule has 2 fully saturated rings. The summed E-state index contributed by atoms with van der Waals surface area (Å²) in [6, 6.07) is 26.3. The molecule has 6 heteroatoms. The predicted octanol–water partition coefficient (Wildman–Crippen LogP) is 5.23. The molecule has 2 atom stereocenters. The summed E-state index contributed by atoms with van der Waals surface area (Å²) < 4.78 is 0. The summed E-state index contributed by atoms with van der Waals surface area (Å²) in [6.45, 7) is 0. The van der Waals surface area contributed by atoms with Crippen LogP contribution in [-0.2, 0) is 9.59 Å². The van der Waals surface area contributed by atoms with Gasteiger partial charge in [0, 0.05) is 0 Å². The Bertz CT molecular complexity index is 1410. The normalized spacial score (nSPS) is 18.9. The first-order valence-corrected chi connectivity index (χ1v) is 13.9. The van der Waals surface area contributed by atoms with E-state index in [9.17, 15) is 19.8 Å². The van der Waals surface area contributed by atoms with Crippen molar-refractivity contribution in [1.29, 1.82) is 0 Å². The predicted molar refractivity (Wildman–Crippen MR) is 152 cm³/mol. The lowest BCUT2D eigenvalue weighted by atomic mass is 9.71. The van der Waals surface area contributed by atoms with Crippen LogP contribution in [0.4, 0.5) is 0 Å². The maximum Gasteiger partial charge on any atom is 0.230 e. The lowest BCUT2D eigenvalue weighted by molar-refractivity contribution is -0.135. The summed E-state index contributed by atoms with van der Waals surface area (Å²) in [5.41, 5.74) is -0.408. The van der Waals surface area contributed by atoms with Crippen LogP contribution in [-0.4, -0.2) is 33.2 Å². The largest absolute Gasteiger partial charge is 0.387 e. The zero-order valence-electron chi connectivity index (χ0n) is 21.9. The average Bonchev–Trinajstić information content (AvgIpc) is 2.91. The number of rotatable bonds is 8. The average molecular weight is 523 g/mol. The van der Waals surface area contributed by atoms with E-state index in [1.165, 1.54) is 0 Å². The lowest BCUT2D eigenvalue weighted by Crippen LogP contribution is -2.52. The summed E-state index contributed by atoms with van der Waals surface area (Å²) in [5, 5.41) is 32.7. The van der Waals surface area contributed by atoms with Gasteiger partial charge in [-0.2, -0.15) is 0 Å². The highest BCUT2D eigenvalue weighted by atomic mass is 16.3. The number of nitrogens with one attached hydrogen (secondary N) is 2. The van der Waals surface area contributed by atoms with Crippen LogP contribution in [0.5, 0.6) is 0 Å². The second-order valence-corrected chi connectivity index (χ2v) is 11.2. The van der Waals surface area contributed by atoms with Crippen LogP contribution in [0, 0.1) is 0 Å². The zero-order valence-corrected chi connectivity index (χ0v) is 21.9. The molecule has 2 amide bonds. The minimum Gasteiger partial charge on any atom is -0.387 e. The van der Waals surface area contributed by atoms with Crippen molar-refractivity contribution in [2.45, 2.75) is 68.2 Å². The van der Waals surface area contributed by atoms with E-state index in [0.29, 0.717) is 25.7 Å². The molecule has 0 spiro atoms. The van der Waals surface area contributed by atoms with Gasteiger partial charge in [0.15, 0.2) is 0 Å². The van der Waals surface area contributed by atoms with E-state index in [1.54, 1.807) is 0 Å². The Morgan fingerprint density at radius 2 is 1.00 bits per heavy atom. The fourth-order valence-electron chi connectivity index (χ4n) is 6.23. The molecule has 4 aromatic carbocycles. The van der Waals surface area contributed by atoms with E-state index in [4.69, 9.17) is 0 Å². The molecule has 6 rings (SSSR count). The van der Waals surface area contributed by atoms with E-state index >= 15 is 0 Å². The molecule has 2 aliphatic rings. The molecule has 4 aromatic rings. The van der Waals surface area contributed by atoms with E-state index in [2.05, 4.69) is 10.6 Å². The van der Waals surface area contributed by atoms with Crippen molar-refractivity contribution in [3.05, 3.63) is 96.1 Å². The van der Waals surface area contributed by atoms with Crippen LogP contribution >= 0.6 is 0 Å². The Hall–Kier alpha value is -3.74. The molecule has 0 saturated heterocycles. The Morgan fingerprint density at radius 1 is 0.615 bits per heavy atom. The minimum atomic E-state index is -1.05. The molecule has 2 aliphatic carbocycles. The number of carbonyl (C=O) groups excluding carboxylic acids is 2. The maximum atomic E-state index is 13.3. The first-order valence-electron chi connectivity index (χ1n) is 13.9. The third-order valence-corrected chi connectivity index (χ3v) is 8.71. The quantitative estimate of drug-likeness (QED) is 0.238. The fourth-order valence-corrected chi connectivity index (χ4v) is 6.23. The Kier molecular flexibility index (Phi) is 6.61. The molecular formula is C33H34N2O4. The summed E-state index contributed by atoms with van der Waals surface area (Å²) >= 11 is 0. The van der Waals surface area contributed by atoms with Gasteiger partial charge in [-0.15, -0.1) is 0 Å². The van der Waals surface area contributed by atoms with Gasteiger partial charge >= 0.3 is 0 Å². The van der Waals surface area contributed by atoms with E-state index < -0.39 is 41.5 Å². The monoisotopic (exact) mass is 522 g/mol. The van der Waals surface area contributed by atoms with E-state index in [0.717, 1.165) is 45.5 Å². The van der Waals surface area contributed by atoms with Gasteiger partial charge in [-0.05, 0) is 71.2 Å². The van der Waals surface area contributed by atoms with Crippen LogP contribution in [0.2, 0.25) is 0 Å². The van der Waals surface area contributed by atoms with Gasteiger partial charge in [0.1, 0.15) is 6.42 Å². The van der Waals surface area contributed by atoms with Gasteiger partial charge in [-0.25, -0.2) is 0 Å². The van der Waals surface area contributed by atoms with Crippen molar-refractivity contribution in [3.8, 4) is 0 Å². The first kappa shape index (κ1) is 25.5. The molecule has 2 saturated carbocycles. The SMILES string of the molecule is O=C(CC(=O)N[C@H](c1cccc2ccccc12)C1(O)CCC1)N[C@H](c1cccc2ccccc12)C1(O)CCC1. The van der Waals surface area contributed by atoms with Crippen molar-refractivity contribution in [2.75, 3.05) is 0 Å². The number of carbonyl (C=O) groups is 2. The Morgan fingerprint density at radius 3 is 1.38 bits per heavy atom. The Balaban J connectivity index is 1.23. The number of hydrogen-bond acceptors (Lipinski definition) is 4. The minimum absolute atomic E-state index is 0.394. The molecule has 0 heterocycles. The summed E-state index contributed by atoms with van der Waals surface area (Å²) in [4.78, 5) is 26.6. The molecule has 0 radical (unpaired) electrons.